The van der Waals surface area contributed by atoms with Gasteiger partial charge in [-0.1, -0.05) is 25.7 Å². The van der Waals surface area contributed by atoms with E-state index in [2.05, 4.69) is 29.7 Å². The van der Waals surface area contributed by atoms with Gasteiger partial charge in [0.05, 0.1) is 35.9 Å². The third kappa shape index (κ3) is 11.6. The van der Waals surface area contributed by atoms with Gasteiger partial charge >= 0.3 is 6.18 Å². The Hall–Kier alpha value is -1.82. The molecule has 6 atom stereocenters. The molecule has 2 aliphatic rings. The lowest BCUT2D eigenvalue weighted by molar-refractivity contribution is -0.227. The van der Waals surface area contributed by atoms with E-state index in [-0.39, 0.29) is 38.1 Å². The van der Waals surface area contributed by atoms with Gasteiger partial charge < -0.3 is 28.6 Å². The maximum absolute atomic E-state index is 13.6. The minimum absolute atomic E-state index is 0.0259. The molecule has 9 nitrogen and oxygen atoms in total. The molecule has 1 heterocycles. The van der Waals surface area contributed by atoms with E-state index in [1.54, 1.807) is 43.5 Å². The summed E-state index contributed by atoms with van der Waals surface area (Å²) >= 11 is -1.72. The maximum atomic E-state index is 13.6. The van der Waals surface area contributed by atoms with E-state index in [4.69, 9.17) is 19.2 Å². The zero-order valence-electron chi connectivity index (χ0n) is 29.6. The number of ether oxygens (including phenoxy) is 3. The van der Waals surface area contributed by atoms with Gasteiger partial charge in [-0.3, -0.25) is 4.79 Å². The quantitative estimate of drug-likeness (QED) is 0.0722. The van der Waals surface area contributed by atoms with Crippen molar-refractivity contribution in [2.75, 3.05) is 13.2 Å². The monoisotopic (exact) mass is 738 g/mol. The second-order valence-corrected chi connectivity index (χ2v) is 23.1. The van der Waals surface area contributed by atoms with Crippen LogP contribution in [0.4, 0.5) is 22.0 Å². The van der Waals surface area contributed by atoms with Crippen molar-refractivity contribution in [3.63, 3.8) is 0 Å². The molecule has 0 bridgehead atoms. The molecule has 0 saturated heterocycles. The molecule has 2 aliphatic carbocycles. The smallest absolute Gasteiger partial charge is 0.414 e. The van der Waals surface area contributed by atoms with Gasteiger partial charge in [-0.25, -0.2) is 13.8 Å². The summed E-state index contributed by atoms with van der Waals surface area (Å²) in [5, 5.41) is 2.86. The van der Waals surface area contributed by atoms with E-state index >= 15 is 0 Å². The van der Waals surface area contributed by atoms with Crippen LogP contribution in [0.2, 0.25) is 25.7 Å². The average molecular weight is 739 g/mol. The minimum Gasteiger partial charge on any atom is -0.598 e. The minimum atomic E-state index is -4.62. The standard InChI is InChI=1S/C33H51F5N4O5SSi/c1-20(47-21(2)33(36,37)38)29(41-48(44)31(3,4)5)30-40-25-15-22(9-12-27(25)42(30)19-45-13-14-49(6,7)8)26(18-46-24-10-11-24)39-28(43)16-23-17-32(23,34)35/h9,12,15,20-21,23-24,26,29,41H,10-11,13-14,16-19H2,1-8H3,(H,39,43)/t20-,21-,23+,26-,29+,48?/m1/s1. The molecule has 0 spiro atoms. The highest BCUT2D eigenvalue weighted by atomic mass is 32.2. The number of carbonyl (C=O) groups excluding carboxylic acids is 1. The van der Waals surface area contributed by atoms with Crippen molar-refractivity contribution < 1.29 is 45.5 Å². The maximum Gasteiger partial charge on any atom is 0.414 e. The largest absolute Gasteiger partial charge is 0.598 e. The van der Waals surface area contributed by atoms with E-state index < -0.39 is 72.4 Å². The summed E-state index contributed by atoms with van der Waals surface area (Å²) in [6.07, 6.45) is -6.57. The highest BCUT2D eigenvalue weighted by Crippen LogP contribution is 2.50. The van der Waals surface area contributed by atoms with E-state index in [0.29, 0.717) is 23.2 Å². The fourth-order valence-electron chi connectivity index (χ4n) is 5.07. The summed E-state index contributed by atoms with van der Waals surface area (Å²) in [5.41, 5.74) is 1.67. The Morgan fingerprint density at radius 2 is 1.84 bits per heavy atom. The van der Waals surface area contributed by atoms with Crippen LogP contribution in [0.3, 0.4) is 0 Å². The van der Waals surface area contributed by atoms with Crippen LogP contribution < -0.4 is 10.0 Å². The number of fused-ring (bicyclic) bond motifs is 1. The van der Waals surface area contributed by atoms with Gasteiger partial charge in [0.1, 0.15) is 23.3 Å². The van der Waals surface area contributed by atoms with Crippen LogP contribution in [0.1, 0.15) is 83.8 Å². The van der Waals surface area contributed by atoms with Gasteiger partial charge in [0, 0.05) is 44.8 Å². The van der Waals surface area contributed by atoms with Crippen molar-refractivity contribution >= 4 is 36.4 Å². The van der Waals surface area contributed by atoms with E-state index in [1.165, 1.54) is 6.92 Å². The Labute approximate surface area is 289 Å². The van der Waals surface area contributed by atoms with Crippen LogP contribution in [0.5, 0.6) is 0 Å². The first-order chi connectivity index (χ1) is 22.5. The first-order valence-electron chi connectivity index (χ1n) is 16.8. The Balaban J connectivity index is 1.72. The van der Waals surface area contributed by atoms with Crippen LogP contribution >= 0.6 is 0 Å². The molecule has 4 rings (SSSR count). The SMILES string of the molecule is C[C@@H](O[C@H](C)C(F)(F)F)[C@H](N[S+]([O-])C(C)(C)C)c1nc2cc([C@@H](COC3CC3)NC(=O)C[C@H]3CC3(F)F)ccc2n1COCC[Si](C)(C)C. The Kier molecular flexibility index (Phi) is 12.6. The number of alkyl halides is 5. The molecule has 1 aromatic heterocycles. The van der Waals surface area contributed by atoms with Crippen molar-refractivity contribution in [2.45, 2.75) is 140 Å². The average Bonchev–Trinajstić information content (AvgIpc) is 3.86. The van der Waals surface area contributed by atoms with Crippen LogP contribution in [0.25, 0.3) is 11.0 Å². The summed E-state index contributed by atoms with van der Waals surface area (Å²) < 4.78 is 103. The van der Waals surface area contributed by atoms with Crippen molar-refractivity contribution in [2.24, 2.45) is 5.92 Å². The third-order valence-electron chi connectivity index (χ3n) is 8.58. The first-order valence-corrected chi connectivity index (χ1v) is 21.7. The molecule has 2 aromatic rings. The normalized spacial score (nSPS) is 21.3. The van der Waals surface area contributed by atoms with Crippen molar-refractivity contribution in [3.8, 4) is 0 Å². The lowest BCUT2D eigenvalue weighted by atomic mass is 10.1. The lowest BCUT2D eigenvalue weighted by Gasteiger charge is -2.32. The number of carbonyl (C=O) groups is 1. The molecule has 2 N–H and O–H groups in total. The van der Waals surface area contributed by atoms with E-state index in [1.807, 2.05) is 0 Å². The molecule has 1 amide bonds. The number of benzene rings is 1. The van der Waals surface area contributed by atoms with E-state index in [0.717, 1.165) is 25.8 Å². The molecule has 0 aliphatic heterocycles. The van der Waals surface area contributed by atoms with Crippen molar-refractivity contribution in [3.05, 3.63) is 29.6 Å². The highest BCUT2D eigenvalue weighted by Gasteiger charge is 2.57. The second kappa shape index (κ2) is 15.4. The summed E-state index contributed by atoms with van der Waals surface area (Å²) in [6.45, 7) is 14.9. The Morgan fingerprint density at radius 3 is 2.39 bits per heavy atom. The number of nitrogens with one attached hydrogen (secondary N) is 2. The van der Waals surface area contributed by atoms with Gasteiger partial charge in [-0.2, -0.15) is 13.2 Å². The highest BCUT2D eigenvalue weighted by molar-refractivity contribution is 7.90. The van der Waals surface area contributed by atoms with Crippen LogP contribution in [0, 0.1) is 5.92 Å². The second-order valence-electron chi connectivity index (χ2n) is 15.5. The summed E-state index contributed by atoms with van der Waals surface area (Å²) in [5.74, 6) is -4.04. The summed E-state index contributed by atoms with van der Waals surface area (Å²) in [6, 6.07) is 4.48. The summed E-state index contributed by atoms with van der Waals surface area (Å²) in [4.78, 5) is 17.7. The van der Waals surface area contributed by atoms with Gasteiger partial charge in [-0.15, -0.1) is 4.72 Å². The molecule has 1 aromatic carbocycles. The number of rotatable bonds is 18. The van der Waals surface area contributed by atoms with Gasteiger partial charge in [-0.05, 0) is 71.2 Å². The number of imidazole rings is 1. The predicted molar refractivity (Wildman–Crippen MR) is 181 cm³/mol. The lowest BCUT2D eigenvalue weighted by Crippen LogP contribution is -2.47. The number of hydrogen-bond acceptors (Lipinski definition) is 7. The predicted octanol–water partition coefficient (Wildman–Crippen LogP) is 7.18. The Bertz CT molecular complexity index is 1430. The zero-order valence-corrected chi connectivity index (χ0v) is 31.4. The number of hydrogen-bond donors (Lipinski definition) is 2. The number of aromatic nitrogens is 2. The molecule has 16 heteroatoms. The van der Waals surface area contributed by atoms with Crippen LogP contribution in [0.15, 0.2) is 18.2 Å². The Morgan fingerprint density at radius 1 is 1.18 bits per heavy atom. The fourth-order valence-corrected chi connectivity index (χ4v) is 6.71. The van der Waals surface area contributed by atoms with Crippen molar-refractivity contribution in [1.82, 2.24) is 19.6 Å². The molecular formula is C33H51F5N4O5SSi. The van der Waals surface area contributed by atoms with Gasteiger partial charge in [0.2, 0.25) is 5.91 Å². The molecule has 49 heavy (non-hydrogen) atoms. The molecule has 2 saturated carbocycles. The van der Waals surface area contributed by atoms with Crippen molar-refractivity contribution in [1.29, 1.82) is 0 Å². The fraction of sp³-hybridized carbons (Fsp3) is 0.758. The number of halogens is 5. The topological polar surface area (TPSA) is 110 Å². The van der Waals surface area contributed by atoms with E-state index in [9.17, 15) is 31.3 Å². The molecule has 2 fully saturated rings. The molecule has 0 radical (unpaired) electrons. The zero-order chi connectivity index (χ0) is 36.5. The molecule has 1 unspecified atom stereocenters. The molecule has 278 valence electrons. The number of nitrogens with zero attached hydrogens (tertiary/aromatic N) is 2. The number of amides is 1. The van der Waals surface area contributed by atoms with Gasteiger partial charge in [0.15, 0.2) is 6.10 Å². The summed E-state index contributed by atoms with van der Waals surface area (Å²) in [7, 11) is -1.44. The van der Waals surface area contributed by atoms with Gasteiger partial charge in [0.25, 0.3) is 5.92 Å². The van der Waals surface area contributed by atoms with Crippen LogP contribution in [-0.4, -0.2) is 76.5 Å². The first kappa shape index (κ1) is 40.0. The third-order valence-corrected chi connectivity index (χ3v) is 11.9. The van der Waals surface area contributed by atoms with Crippen LogP contribution in [-0.2, 0) is 37.1 Å². The molecular weight excluding hydrogens is 688 g/mol.